The molecule has 2 aliphatic rings. The Morgan fingerprint density at radius 3 is 2.61 bits per heavy atom. The zero-order chi connectivity index (χ0) is 23.8. The second kappa shape index (κ2) is 9.15. The van der Waals surface area contributed by atoms with Crippen LogP contribution in [0.1, 0.15) is 37.3 Å². The third kappa shape index (κ3) is 4.60. The van der Waals surface area contributed by atoms with Crippen molar-refractivity contribution >= 4 is 33.2 Å². The van der Waals surface area contributed by atoms with E-state index in [9.17, 15) is 18.0 Å². The summed E-state index contributed by atoms with van der Waals surface area (Å²) in [6, 6.07) is 10.3. The van der Waals surface area contributed by atoms with Gasteiger partial charge in [0.1, 0.15) is 5.75 Å². The van der Waals surface area contributed by atoms with E-state index in [1.807, 2.05) is 39.0 Å². The minimum Gasteiger partial charge on any atom is -0.478 e. The second-order valence-electron chi connectivity index (χ2n) is 8.58. The maximum atomic E-state index is 13.2. The Morgan fingerprint density at radius 1 is 1.18 bits per heavy atom. The summed E-state index contributed by atoms with van der Waals surface area (Å²) in [5.74, 6) is -0.157. The van der Waals surface area contributed by atoms with Crippen molar-refractivity contribution in [1.82, 2.24) is 4.31 Å². The second-order valence-corrected chi connectivity index (χ2v) is 10.5. The molecule has 33 heavy (non-hydrogen) atoms. The molecule has 1 fully saturated rings. The van der Waals surface area contributed by atoms with Crippen molar-refractivity contribution in [3.05, 3.63) is 47.5 Å². The van der Waals surface area contributed by atoms with E-state index < -0.39 is 16.1 Å². The van der Waals surface area contributed by atoms with Crippen LogP contribution in [0.3, 0.4) is 0 Å². The van der Waals surface area contributed by atoms with Crippen LogP contribution in [0, 0.1) is 19.8 Å². The number of benzene rings is 2. The van der Waals surface area contributed by atoms with Gasteiger partial charge in [0.25, 0.3) is 5.91 Å². The number of piperidine rings is 1. The molecule has 0 radical (unpaired) electrons. The normalized spacial score (nSPS) is 19.4. The average molecular weight is 472 g/mol. The van der Waals surface area contributed by atoms with Crippen molar-refractivity contribution in [3.8, 4) is 5.75 Å². The highest BCUT2D eigenvalue weighted by Crippen LogP contribution is 2.34. The van der Waals surface area contributed by atoms with Crippen molar-refractivity contribution in [2.45, 2.75) is 51.0 Å². The van der Waals surface area contributed by atoms with E-state index in [4.69, 9.17) is 4.74 Å². The number of fused-ring (bicyclic) bond motifs is 1. The fourth-order valence-corrected chi connectivity index (χ4v) is 5.68. The van der Waals surface area contributed by atoms with Gasteiger partial charge in [-0.15, -0.1) is 0 Å². The van der Waals surface area contributed by atoms with Gasteiger partial charge in [-0.25, -0.2) is 8.42 Å². The van der Waals surface area contributed by atoms with Gasteiger partial charge in [0.2, 0.25) is 15.9 Å². The first kappa shape index (κ1) is 23.3. The maximum absolute atomic E-state index is 13.2. The minimum absolute atomic E-state index is 0.0835. The molecule has 0 bridgehead atoms. The van der Waals surface area contributed by atoms with Gasteiger partial charge >= 0.3 is 0 Å². The molecule has 4 rings (SSSR count). The van der Waals surface area contributed by atoms with Crippen LogP contribution in [-0.2, 0) is 19.6 Å². The molecule has 2 amide bonds. The fraction of sp³-hybridized carbons (Fsp3) is 0.417. The van der Waals surface area contributed by atoms with Crippen LogP contribution in [0.5, 0.6) is 5.75 Å². The summed E-state index contributed by atoms with van der Waals surface area (Å²) in [4.78, 5) is 24.9. The first-order valence-electron chi connectivity index (χ1n) is 11.2. The van der Waals surface area contributed by atoms with Gasteiger partial charge in [-0.2, -0.15) is 4.31 Å². The summed E-state index contributed by atoms with van der Waals surface area (Å²) in [6.07, 6.45) is 0.837. The zero-order valence-electron chi connectivity index (χ0n) is 19.1. The molecule has 8 nitrogen and oxygen atoms in total. The highest BCUT2D eigenvalue weighted by atomic mass is 32.2. The molecule has 2 aromatic carbocycles. The number of aryl methyl sites for hydroxylation is 1. The summed E-state index contributed by atoms with van der Waals surface area (Å²) in [6.45, 7) is 6.32. The van der Waals surface area contributed by atoms with Crippen molar-refractivity contribution in [2.24, 2.45) is 5.92 Å². The molecule has 0 aromatic heterocycles. The molecular formula is C24H29N3O5S. The Labute approximate surface area is 194 Å². The topological polar surface area (TPSA) is 105 Å². The molecule has 176 valence electrons. The number of sulfonamides is 1. The van der Waals surface area contributed by atoms with Crippen LogP contribution in [0.4, 0.5) is 11.4 Å². The van der Waals surface area contributed by atoms with Crippen LogP contribution in [0.25, 0.3) is 0 Å². The van der Waals surface area contributed by atoms with Gasteiger partial charge < -0.3 is 15.4 Å². The minimum atomic E-state index is -3.76. The Hall–Kier alpha value is -2.91. The standard InChI is InChI=1S/C24H29N3O5S/c1-4-21-24(29)26-20-14-18(8-9-22(20)32-21)33(30,31)27-12-10-17(11-13-27)23(28)25-19-7-5-6-15(2)16(19)3/h5-9,14,17,21H,4,10-13H2,1-3H3,(H,25,28)(H,26,29)/t21-/m1/s1. The van der Waals surface area contributed by atoms with E-state index in [0.29, 0.717) is 30.7 Å². The number of hydrogen-bond donors (Lipinski definition) is 2. The van der Waals surface area contributed by atoms with Gasteiger partial charge in [0.15, 0.2) is 6.10 Å². The van der Waals surface area contributed by atoms with Gasteiger partial charge in [-0.1, -0.05) is 19.1 Å². The number of carbonyl (C=O) groups is 2. The molecule has 2 N–H and O–H groups in total. The van der Waals surface area contributed by atoms with Gasteiger partial charge in [-0.3, -0.25) is 9.59 Å². The molecule has 2 heterocycles. The van der Waals surface area contributed by atoms with Crippen LogP contribution >= 0.6 is 0 Å². The summed E-state index contributed by atoms with van der Waals surface area (Å²) < 4.78 is 33.4. The van der Waals surface area contributed by atoms with E-state index in [0.717, 1.165) is 16.8 Å². The molecular weight excluding hydrogens is 442 g/mol. The quantitative estimate of drug-likeness (QED) is 0.695. The lowest BCUT2D eigenvalue weighted by molar-refractivity contribution is -0.123. The largest absolute Gasteiger partial charge is 0.478 e. The molecule has 2 aliphatic heterocycles. The van der Waals surface area contributed by atoms with E-state index in [-0.39, 0.29) is 35.7 Å². The summed E-state index contributed by atoms with van der Waals surface area (Å²) in [5, 5.41) is 5.72. The summed E-state index contributed by atoms with van der Waals surface area (Å²) >= 11 is 0. The predicted molar refractivity (Wildman–Crippen MR) is 126 cm³/mol. The first-order chi connectivity index (χ1) is 15.7. The van der Waals surface area contributed by atoms with Crippen molar-refractivity contribution in [3.63, 3.8) is 0 Å². The highest BCUT2D eigenvalue weighted by molar-refractivity contribution is 7.89. The number of anilines is 2. The molecule has 2 aromatic rings. The van der Waals surface area contributed by atoms with E-state index >= 15 is 0 Å². The fourth-order valence-electron chi connectivity index (χ4n) is 4.19. The number of nitrogens with one attached hydrogen (secondary N) is 2. The van der Waals surface area contributed by atoms with Gasteiger partial charge in [0, 0.05) is 24.7 Å². The SMILES string of the molecule is CC[C@H]1Oc2ccc(S(=O)(=O)N3CCC(C(=O)Nc4cccc(C)c4C)CC3)cc2NC1=O. The number of hydrogen-bond acceptors (Lipinski definition) is 5. The van der Waals surface area contributed by atoms with Crippen LogP contribution in [0.2, 0.25) is 0 Å². The highest BCUT2D eigenvalue weighted by Gasteiger charge is 2.34. The number of nitrogens with zero attached hydrogens (tertiary/aromatic N) is 1. The molecule has 0 unspecified atom stereocenters. The number of rotatable bonds is 5. The number of carbonyl (C=O) groups excluding carboxylic acids is 2. The number of ether oxygens (including phenoxy) is 1. The molecule has 0 aliphatic carbocycles. The Morgan fingerprint density at radius 2 is 1.91 bits per heavy atom. The molecule has 1 saturated heterocycles. The van der Waals surface area contributed by atoms with Gasteiger partial charge in [0.05, 0.1) is 10.6 Å². The Bertz CT molecular complexity index is 1190. The van der Waals surface area contributed by atoms with Crippen LogP contribution in [-0.4, -0.2) is 43.7 Å². The average Bonchev–Trinajstić information content (AvgIpc) is 2.81. The molecule has 1 atom stereocenters. The van der Waals surface area contributed by atoms with E-state index in [1.165, 1.54) is 16.4 Å². The maximum Gasteiger partial charge on any atom is 0.265 e. The predicted octanol–water partition coefficient (Wildman–Crippen LogP) is 3.45. The Balaban J connectivity index is 1.42. The summed E-state index contributed by atoms with van der Waals surface area (Å²) in [5.41, 5.74) is 3.28. The van der Waals surface area contributed by atoms with E-state index in [1.54, 1.807) is 6.07 Å². The van der Waals surface area contributed by atoms with Crippen LogP contribution in [0.15, 0.2) is 41.3 Å². The Kier molecular flexibility index (Phi) is 6.45. The van der Waals surface area contributed by atoms with Crippen molar-refractivity contribution in [1.29, 1.82) is 0 Å². The molecule has 9 heteroatoms. The third-order valence-corrected chi connectivity index (χ3v) is 8.36. The smallest absolute Gasteiger partial charge is 0.265 e. The van der Waals surface area contributed by atoms with Crippen molar-refractivity contribution < 1.29 is 22.7 Å². The third-order valence-electron chi connectivity index (χ3n) is 6.47. The molecule has 0 spiro atoms. The monoisotopic (exact) mass is 471 g/mol. The summed E-state index contributed by atoms with van der Waals surface area (Å²) in [7, 11) is -3.76. The lowest BCUT2D eigenvalue weighted by Gasteiger charge is -2.31. The first-order valence-corrected chi connectivity index (χ1v) is 12.6. The van der Waals surface area contributed by atoms with E-state index in [2.05, 4.69) is 10.6 Å². The number of amides is 2. The van der Waals surface area contributed by atoms with Gasteiger partial charge in [-0.05, 0) is 68.5 Å². The lowest BCUT2D eigenvalue weighted by Crippen LogP contribution is -2.41. The van der Waals surface area contributed by atoms with Crippen LogP contribution < -0.4 is 15.4 Å². The van der Waals surface area contributed by atoms with Crippen molar-refractivity contribution in [2.75, 3.05) is 23.7 Å². The zero-order valence-corrected chi connectivity index (χ0v) is 19.9. The molecule has 0 saturated carbocycles. The lowest BCUT2D eigenvalue weighted by atomic mass is 9.97.